The first-order valence-corrected chi connectivity index (χ1v) is 17.2. The van der Waals surface area contributed by atoms with Crippen molar-refractivity contribution in [3.8, 4) is 27.9 Å². The highest BCUT2D eigenvalue weighted by atomic mass is 15.1. The van der Waals surface area contributed by atoms with Gasteiger partial charge in [0.05, 0.1) is 11.0 Å². The summed E-state index contributed by atoms with van der Waals surface area (Å²) in [6.07, 6.45) is 0.873. The van der Waals surface area contributed by atoms with Gasteiger partial charge in [0.2, 0.25) is 0 Å². The van der Waals surface area contributed by atoms with Crippen LogP contribution in [0.1, 0.15) is 12.7 Å². The van der Waals surface area contributed by atoms with E-state index in [0.29, 0.717) is 0 Å². The molecule has 0 N–H and O–H groups in total. The standard InChI is InChI=1S/C39H35B7N2/c1-2-27-47-25-13-7-8-14-26(25)48(27)20-17-15-19(16-18-20)28-21-9-3-5-11-23(21)29(24-12-6-4-10-22(24)28)30-31-32(35(42)37(44)33(30)40)36(43)39(46)38(45)34(31)41/h3-18H,2,40-46H2,1H3. The zero-order chi connectivity index (χ0) is 33.4. The number of aromatic nitrogens is 2. The molecule has 0 spiro atoms. The number of hydrogen-bond acceptors (Lipinski definition) is 1. The highest BCUT2D eigenvalue weighted by Crippen LogP contribution is 2.44. The van der Waals surface area contributed by atoms with Gasteiger partial charge in [0.1, 0.15) is 60.7 Å². The molecule has 0 unspecified atom stereocenters. The molecule has 0 amide bonds. The first kappa shape index (κ1) is 30.6. The number of nitrogens with zero attached hydrogens (tertiary/aromatic N) is 2. The predicted octanol–water partition coefficient (Wildman–Crippen LogP) is -1.81. The van der Waals surface area contributed by atoms with E-state index < -0.39 is 0 Å². The van der Waals surface area contributed by atoms with Gasteiger partial charge in [0, 0.05) is 12.1 Å². The van der Waals surface area contributed by atoms with E-state index >= 15 is 0 Å². The van der Waals surface area contributed by atoms with Gasteiger partial charge in [0.25, 0.3) is 0 Å². The van der Waals surface area contributed by atoms with Crippen molar-refractivity contribution in [2.75, 3.05) is 0 Å². The molecular weight excluding hydrogens is 572 g/mol. The molecule has 222 valence electrons. The predicted molar refractivity (Wildman–Crippen MR) is 231 cm³/mol. The first-order valence-electron chi connectivity index (χ1n) is 17.2. The van der Waals surface area contributed by atoms with Crippen LogP contribution in [0.4, 0.5) is 0 Å². The third-order valence-electron chi connectivity index (χ3n) is 11.4. The maximum absolute atomic E-state index is 4.93. The maximum Gasteiger partial charge on any atom is 0.139 e. The van der Waals surface area contributed by atoms with Gasteiger partial charge in [-0.3, -0.25) is 4.57 Å². The van der Waals surface area contributed by atoms with Crippen LogP contribution in [0.25, 0.3) is 71.3 Å². The van der Waals surface area contributed by atoms with Crippen LogP contribution in [-0.2, 0) is 6.42 Å². The average molecular weight is 607 g/mol. The topological polar surface area (TPSA) is 17.8 Å². The molecule has 0 saturated heterocycles. The Morgan fingerprint density at radius 3 is 1.52 bits per heavy atom. The van der Waals surface area contributed by atoms with Crippen molar-refractivity contribution in [1.82, 2.24) is 9.55 Å². The lowest BCUT2D eigenvalue weighted by Crippen LogP contribution is -2.52. The van der Waals surface area contributed by atoms with Gasteiger partial charge in [-0.1, -0.05) is 102 Å². The molecule has 0 saturated carbocycles. The quantitative estimate of drug-likeness (QED) is 0.171. The van der Waals surface area contributed by atoms with E-state index in [1.54, 1.807) is 0 Å². The van der Waals surface area contributed by atoms with Crippen LogP contribution in [0.2, 0.25) is 0 Å². The van der Waals surface area contributed by atoms with Crippen LogP contribution in [0.15, 0.2) is 97.1 Å². The first-order chi connectivity index (χ1) is 23.2. The highest BCUT2D eigenvalue weighted by Gasteiger charge is 2.23. The highest BCUT2D eigenvalue weighted by molar-refractivity contribution is 6.72. The SMILES string of the molecule is Bc1c(B)c(B)c2c(-c3c4ccccc4c(-c4ccc(-n5c(CC)nc6ccccc65)cc4)c4ccccc34)c(B)c(B)c(B)c2c1B. The Morgan fingerprint density at radius 1 is 0.479 bits per heavy atom. The Bertz CT molecular complexity index is 2560. The van der Waals surface area contributed by atoms with Gasteiger partial charge >= 0.3 is 0 Å². The molecule has 8 rings (SSSR count). The molecular formula is C39H35B7N2. The number of rotatable bonds is 4. The molecule has 1 heterocycles. The van der Waals surface area contributed by atoms with Crippen molar-refractivity contribution in [2.45, 2.75) is 13.3 Å². The smallest absolute Gasteiger partial charge is 0.139 e. The minimum atomic E-state index is 0.873. The minimum absolute atomic E-state index is 0.873. The second kappa shape index (κ2) is 11.4. The van der Waals surface area contributed by atoms with Crippen LogP contribution in [0.5, 0.6) is 0 Å². The maximum atomic E-state index is 4.93. The van der Waals surface area contributed by atoms with E-state index in [1.807, 2.05) is 0 Å². The Labute approximate surface area is 289 Å². The summed E-state index contributed by atoms with van der Waals surface area (Å²) in [7, 11) is 16.2. The summed E-state index contributed by atoms with van der Waals surface area (Å²) in [5, 5.41) is 7.98. The lowest BCUT2D eigenvalue weighted by atomic mass is 9.58. The summed E-state index contributed by atoms with van der Waals surface area (Å²) in [5.41, 5.74) is 18.3. The van der Waals surface area contributed by atoms with E-state index in [2.05, 4.69) is 163 Å². The minimum Gasteiger partial charge on any atom is -0.296 e. The molecule has 7 aromatic carbocycles. The molecule has 2 nitrogen and oxygen atoms in total. The van der Waals surface area contributed by atoms with Crippen molar-refractivity contribution in [2.24, 2.45) is 0 Å². The van der Waals surface area contributed by atoms with Crippen molar-refractivity contribution in [3.05, 3.63) is 103 Å². The molecule has 0 aliphatic heterocycles. The molecule has 8 aromatic rings. The number of fused-ring (bicyclic) bond motifs is 4. The Hall–Kier alpha value is -4.76. The number of para-hydroxylation sites is 2. The molecule has 0 aliphatic rings. The Morgan fingerprint density at radius 2 is 0.958 bits per heavy atom. The molecule has 48 heavy (non-hydrogen) atoms. The molecule has 0 atom stereocenters. The fraction of sp³-hybridized carbons (Fsp3) is 0.0513. The monoisotopic (exact) mass is 608 g/mol. The largest absolute Gasteiger partial charge is 0.296 e. The fourth-order valence-corrected chi connectivity index (χ4v) is 8.34. The van der Waals surface area contributed by atoms with E-state index in [9.17, 15) is 0 Å². The van der Waals surface area contributed by atoms with Crippen LogP contribution in [0, 0.1) is 0 Å². The Kier molecular flexibility index (Phi) is 7.29. The van der Waals surface area contributed by atoms with Crippen LogP contribution < -0.4 is 38.2 Å². The van der Waals surface area contributed by atoms with Crippen molar-refractivity contribution < 1.29 is 0 Å². The zero-order valence-electron chi connectivity index (χ0n) is 29.3. The van der Waals surface area contributed by atoms with E-state index in [4.69, 9.17) is 4.98 Å². The summed E-state index contributed by atoms with van der Waals surface area (Å²) in [4.78, 5) is 4.93. The van der Waals surface area contributed by atoms with Gasteiger partial charge in [-0.05, 0) is 78.8 Å². The zero-order valence-corrected chi connectivity index (χ0v) is 29.3. The average Bonchev–Trinajstić information content (AvgIpc) is 3.50. The molecule has 0 fully saturated rings. The molecule has 0 bridgehead atoms. The lowest BCUT2D eigenvalue weighted by Gasteiger charge is -2.27. The van der Waals surface area contributed by atoms with Gasteiger partial charge in [0.15, 0.2) is 0 Å². The summed E-state index contributed by atoms with van der Waals surface area (Å²) >= 11 is 0. The summed E-state index contributed by atoms with van der Waals surface area (Å²) < 4.78 is 2.31. The van der Waals surface area contributed by atoms with E-state index in [0.717, 1.165) is 29.0 Å². The van der Waals surface area contributed by atoms with Gasteiger partial charge in [-0.15, -0.1) is 16.4 Å². The third-order valence-corrected chi connectivity index (χ3v) is 11.4. The number of benzene rings is 7. The number of imidazole rings is 1. The van der Waals surface area contributed by atoms with Crippen molar-refractivity contribution in [1.29, 1.82) is 0 Å². The van der Waals surface area contributed by atoms with Crippen LogP contribution in [0.3, 0.4) is 0 Å². The van der Waals surface area contributed by atoms with Gasteiger partial charge < -0.3 is 0 Å². The van der Waals surface area contributed by atoms with E-state index in [-0.39, 0.29) is 0 Å². The van der Waals surface area contributed by atoms with Crippen LogP contribution >= 0.6 is 0 Å². The molecule has 1 aromatic heterocycles. The summed E-state index contributed by atoms with van der Waals surface area (Å²) in [6, 6.07) is 35.7. The second-order valence-electron chi connectivity index (χ2n) is 13.6. The van der Waals surface area contributed by atoms with Crippen molar-refractivity contribution in [3.63, 3.8) is 0 Å². The molecule has 0 radical (unpaired) electrons. The number of aryl methyl sites for hydroxylation is 1. The fourth-order valence-electron chi connectivity index (χ4n) is 8.34. The van der Waals surface area contributed by atoms with E-state index in [1.165, 1.54) is 92.8 Å². The summed E-state index contributed by atoms with van der Waals surface area (Å²) in [6.45, 7) is 2.18. The van der Waals surface area contributed by atoms with Gasteiger partial charge in [-0.25, -0.2) is 4.98 Å². The normalized spacial score (nSPS) is 11.7. The van der Waals surface area contributed by atoms with Crippen molar-refractivity contribution >= 4 is 137 Å². The Balaban J connectivity index is 1.45. The third kappa shape index (κ3) is 4.33. The van der Waals surface area contributed by atoms with Gasteiger partial charge in [-0.2, -0.15) is 0 Å². The molecule has 0 aliphatic carbocycles. The number of hydrogen-bond donors (Lipinski definition) is 0. The van der Waals surface area contributed by atoms with Crippen LogP contribution in [-0.4, -0.2) is 64.5 Å². The lowest BCUT2D eigenvalue weighted by molar-refractivity contribution is 0.908. The summed E-state index contributed by atoms with van der Waals surface area (Å²) in [5.74, 6) is 1.08. The second-order valence-corrected chi connectivity index (χ2v) is 13.6. The molecule has 9 heteroatoms.